The van der Waals surface area contributed by atoms with Gasteiger partial charge in [0.2, 0.25) is 12.7 Å². The second-order valence-electron chi connectivity index (χ2n) is 6.75. The average Bonchev–Trinajstić information content (AvgIpc) is 3.33. The zero-order chi connectivity index (χ0) is 19.1. The van der Waals surface area contributed by atoms with Gasteiger partial charge in [0, 0.05) is 29.7 Å². The first-order valence-corrected chi connectivity index (χ1v) is 9.09. The molecule has 7 nitrogen and oxygen atoms in total. The number of fused-ring (bicyclic) bond motifs is 2. The summed E-state index contributed by atoms with van der Waals surface area (Å²) < 4.78 is 10.7. The third-order valence-electron chi connectivity index (χ3n) is 4.83. The van der Waals surface area contributed by atoms with E-state index in [9.17, 15) is 4.79 Å². The van der Waals surface area contributed by atoms with E-state index in [1.165, 1.54) is 5.56 Å². The van der Waals surface area contributed by atoms with Gasteiger partial charge < -0.3 is 19.7 Å². The summed E-state index contributed by atoms with van der Waals surface area (Å²) in [5, 5.41) is 3.15. The van der Waals surface area contributed by atoms with E-state index in [0.717, 1.165) is 17.8 Å². The number of nitrogens with zero attached hydrogens (tertiary/aromatic N) is 3. The van der Waals surface area contributed by atoms with Gasteiger partial charge in [-0.25, -0.2) is 9.97 Å². The lowest BCUT2D eigenvalue weighted by Gasteiger charge is -2.17. The standard InChI is InChI=1S/C21H18N4O3/c1-13-10-16(20(26)25-9-8-14-4-2-3-5-17(14)25)24-21(22-13)23-15-6-7-18-19(11-15)28-12-27-18/h2-7,10-11H,8-9,12H2,1H3,(H,22,23,24). The molecule has 1 N–H and O–H groups in total. The minimum atomic E-state index is -0.121. The van der Waals surface area contributed by atoms with E-state index in [1.807, 2.05) is 43.3 Å². The molecule has 7 heteroatoms. The molecule has 0 bridgehead atoms. The number of carbonyl (C=O) groups excluding carboxylic acids is 1. The number of benzene rings is 2. The van der Waals surface area contributed by atoms with Crippen molar-refractivity contribution in [1.29, 1.82) is 0 Å². The van der Waals surface area contributed by atoms with Crippen LogP contribution in [0, 0.1) is 6.92 Å². The predicted octanol–water partition coefficient (Wildman–Crippen LogP) is 3.46. The van der Waals surface area contributed by atoms with Gasteiger partial charge in [0.05, 0.1) is 0 Å². The van der Waals surface area contributed by atoms with Crippen molar-refractivity contribution in [3.05, 3.63) is 65.5 Å². The van der Waals surface area contributed by atoms with Crippen LogP contribution < -0.4 is 19.7 Å². The van der Waals surface area contributed by atoms with E-state index in [-0.39, 0.29) is 12.7 Å². The largest absolute Gasteiger partial charge is 0.454 e. The topological polar surface area (TPSA) is 76.6 Å². The van der Waals surface area contributed by atoms with Gasteiger partial charge >= 0.3 is 0 Å². The molecule has 0 radical (unpaired) electrons. The fourth-order valence-corrected chi connectivity index (χ4v) is 3.52. The van der Waals surface area contributed by atoms with Crippen molar-refractivity contribution in [2.24, 2.45) is 0 Å². The van der Waals surface area contributed by atoms with Crippen LogP contribution in [0.5, 0.6) is 11.5 Å². The lowest BCUT2D eigenvalue weighted by molar-refractivity contribution is 0.0984. The fourth-order valence-electron chi connectivity index (χ4n) is 3.52. The van der Waals surface area contributed by atoms with Crippen molar-refractivity contribution in [3.63, 3.8) is 0 Å². The molecule has 1 amide bonds. The number of rotatable bonds is 3. The van der Waals surface area contributed by atoms with Crippen LogP contribution >= 0.6 is 0 Å². The molecule has 3 heterocycles. The molecule has 28 heavy (non-hydrogen) atoms. The molecule has 2 aliphatic heterocycles. The molecule has 5 rings (SSSR count). The van der Waals surface area contributed by atoms with Crippen LogP contribution in [0.2, 0.25) is 0 Å². The third-order valence-corrected chi connectivity index (χ3v) is 4.83. The van der Waals surface area contributed by atoms with E-state index in [1.54, 1.807) is 11.0 Å². The summed E-state index contributed by atoms with van der Waals surface area (Å²) in [6.07, 6.45) is 0.855. The molecule has 3 aromatic rings. The van der Waals surface area contributed by atoms with Crippen molar-refractivity contribution in [3.8, 4) is 11.5 Å². The Labute approximate surface area is 161 Å². The van der Waals surface area contributed by atoms with Gasteiger partial charge in [0.15, 0.2) is 11.5 Å². The first kappa shape index (κ1) is 16.6. The first-order valence-electron chi connectivity index (χ1n) is 9.09. The predicted molar refractivity (Wildman–Crippen MR) is 104 cm³/mol. The number of hydrogen-bond donors (Lipinski definition) is 1. The number of aryl methyl sites for hydroxylation is 1. The summed E-state index contributed by atoms with van der Waals surface area (Å²) in [6, 6.07) is 15.2. The number of amides is 1. The van der Waals surface area contributed by atoms with Crippen LogP contribution in [0.25, 0.3) is 0 Å². The van der Waals surface area contributed by atoms with Crippen molar-refractivity contribution in [2.45, 2.75) is 13.3 Å². The summed E-state index contributed by atoms with van der Waals surface area (Å²) in [4.78, 5) is 23.7. The first-order chi connectivity index (χ1) is 13.7. The molecular formula is C21H18N4O3. The van der Waals surface area contributed by atoms with Crippen LogP contribution in [-0.2, 0) is 6.42 Å². The highest BCUT2D eigenvalue weighted by Gasteiger charge is 2.26. The molecule has 0 saturated heterocycles. The van der Waals surface area contributed by atoms with Gasteiger partial charge in [-0.3, -0.25) is 4.79 Å². The fraction of sp³-hybridized carbons (Fsp3) is 0.190. The molecule has 0 spiro atoms. The Bertz CT molecular complexity index is 1080. The van der Waals surface area contributed by atoms with Gasteiger partial charge in [0.25, 0.3) is 5.91 Å². The highest BCUT2D eigenvalue weighted by atomic mass is 16.7. The zero-order valence-electron chi connectivity index (χ0n) is 15.3. The number of para-hydroxylation sites is 1. The Morgan fingerprint density at radius 2 is 1.93 bits per heavy atom. The summed E-state index contributed by atoms with van der Waals surface area (Å²) in [6.45, 7) is 2.73. The third kappa shape index (κ3) is 2.90. The van der Waals surface area contributed by atoms with Crippen LogP contribution in [0.15, 0.2) is 48.5 Å². The maximum atomic E-state index is 13.1. The summed E-state index contributed by atoms with van der Waals surface area (Å²) in [5.74, 6) is 1.63. The van der Waals surface area contributed by atoms with Crippen LogP contribution in [0.1, 0.15) is 21.7 Å². The molecule has 0 atom stereocenters. The van der Waals surface area contributed by atoms with Crippen LogP contribution in [0.3, 0.4) is 0 Å². The minimum absolute atomic E-state index is 0.121. The zero-order valence-corrected chi connectivity index (χ0v) is 15.3. The van der Waals surface area contributed by atoms with Crippen molar-refractivity contribution >= 4 is 23.2 Å². The molecule has 0 fully saturated rings. The lowest BCUT2D eigenvalue weighted by Crippen LogP contribution is -2.30. The summed E-state index contributed by atoms with van der Waals surface area (Å²) in [5.41, 5.74) is 3.98. The Morgan fingerprint density at radius 3 is 2.86 bits per heavy atom. The maximum absolute atomic E-state index is 13.1. The normalized spacial score (nSPS) is 14.1. The quantitative estimate of drug-likeness (QED) is 0.757. The number of aromatic nitrogens is 2. The molecule has 140 valence electrons. The number of ether oxygens (including phenoxy) is 2. The summed E-state index contributed by atoms with van der Waals surface area (Å²) >= 11 is 0. The van der Waals surface area contributed by atoms with Gasteiger partial charge in [-0.1, -0.05) is 18.2 Å². The van der Waals surface area contributed by atoms with Crippen LogP contribution in [-0.4, -0.2) is 29.2 Å². The molecule has 0 aliphatic carbocycles. The van der Waals surface area contributed by atoms with Gasteiger partial charge in [-0.05, 0) is 43.2 Å². The number of nitrogens with one attached hydrogen (secondary N) is 1. The maximum Gasteiger partial charge on any atom is 0.277 e. The van der Waals surface area contributed by atoms with Crippen molar-refractivity contribution in [2.75, 3.05) is 23.6 Å². The second kappa shape index (κ2) is 6.53. The highest BCUT2D eigenvalue weighted by molar-refractivity contribution is 6.06. The number of hydrogen-bond acceptors (Lipinski definition) is 6. The smallest absolute Gasteiger partial charge is 0.277 e. The minimum Gasteiger partial charge on any atom is -0.454 e. The van der Waals surface area contributed by atoms with E-state index in [0.29, 0.717) is 35.4 Å². The number of anilines is 3. The Balaban J connectivity index is 1.42. The molecule has 1 aromatic heterocycles. The van der Waals surface area contributed by atoms with E-state index < -0.39 is 0 Å². The summed E-state index contributed by atoms with van der Waals surface area (Å²) in [7, 11) is 0. The second-order valence-corrected chi connectivity index (χ2v) is 6.75. The van der Waals surface area contributed by atoms with Gasteiger partial charge in [0.1, 0.15) is 5.69 Å². The van der Waals surface area contributed by atoms with E-state index >= 15 is 0 Å². The van der Waals surface area contributed by atoms with E-state index in [4.69, 9.17) is 9.47 Å². The molecule has 0 unspecified atom stereocenters. The van der Waals surface area contributed by atoms with E-state index in [2.05, 4.69) is 21.4 Å². The van der Waals surface area contributed by atoms with Crippen molar-refractivity contribution in [1.82, 2.24) is 9.97 Å². The Kier molecular flexibility index (Phi) is 3.86. The highest BCUT2D eigenvalue weighted by Crippen LogP contribution is 2.35. The van der Waals surface area contributed by atoms with Gasteiger partial charge in [-0.15, -0.1) is 0 Å². The monoisotopic (exact) mass is 374 g/mol. The average molecular weight is 374 g/mol. The lowest BCUT2D eigenvalue weighted by atomic mass is 10.2. The van der Waals surface area contributed by atoms with Crippen LogP contribution in [0.4, 0.5) is 17.3 Å². The van der Waals surface area contributed by atoms with Crippen molar-refractivity contribution < 1.29 is 14.3 Å². The molecule has 2 aliphatic rings. The van der Waals surface area contributed by atoms with Gasteiger partial charge in [-0.2, -0.15) is 0 Å². The molecule has 0 saturated carbocycles. The Morgan fingerprint density at radius 1 is 1.07 bits per heavy atom. The Hall–Kier alpha value is -3.61. The number of carbonyl (C=O) groups is 1. The molecular weight excluding hydrogens is 356 g/mol. The molecule has 2 aromatic carbocycles. The SMILES string of the molecule is Cc1cc(C(=O)N2CCc3ccccc32)nc(Nc2ccc3c(c2)OCO3)n1.